The van der Waals surface area contributed by atoms with E-state index in [9.17, 15) is 14.1 Å². The first kappa shape index (κ1) is 18.0. The van der Waals surface area contributed by atoms with Crippen LogP contribution in [0.1, 0.15) is 20.7 Å². The van der Waals surface area contributed by atoms with Gasteiger partial charge in [-0.05, 0) is 48.5 Å². The molecular formula is C14H12CaO5S. The zero-order valence-corrected chi connectivity index (χ0v) is 11.0. The molecule has 2 rings (SSSR count). The van der Waals surface area contributed by atoms with Crippen molar-refractivity contribution in [3.8, 4) is 0 Å². The van der Waals surface area contributed by atoms with Gasteiger partial charge in [-0.1, -0.05) is 0 Å². The Hall–Kier alpha value is -1.05. The van der Waals surface area contributed by atoms with E-state index in [0.717, 1.165) is 0 Å². The molecule has 0 amide bonds. The van der Waals surface area contributed by atoms with Crippen molar-refractivity contribution in [1.29, 1.82) is 0 Å². The molecule has 0 saturated carbocycles. The van der Waals surface area contributed by atoms with Gasteiger partial charge < -0.3 is 14.8 Å². The number of hydrogen-bond donors (Lipinski definition) is 2. The monoisotopic (exact) mass is 332 g/mol. The van der Waals surface area contributed by atoms with Gasteiger partial charge in [-0.3, -0.25) is 0 Å². The van der Waals surface area contributed by atoms with Crippen LogP contribution in [0.5, 0.6) is 0 Å². The van der Waals surface area contributed by atoms with E-state index in [0.29, 0.717) is 9.79 Å². The molecule has 2 aromatic rings. The van der Waals surface area contributed by atoms with Crippen LogP contribution in [-0.4, -0.2) is 64.4 Å². The van der Waals surface area contributed by atoms with Gasteiger partial charge in [-0.25, -0.2) is 9.59 Å². The first-order valence-corrected chi connectivity index (χ1v) is 6.72. The molecule has 0 atom stereocenters. The molecule has 0 spiro atoms. The molecule has 21 heavy (non-hydrogen) atoms. The molecule has 0 heterocycles. The van der Waals surface area contributed by atoms with E-state index in [-0.39, 0.29) is 48.9 Å². The van der Waals surface area contributed by atoms with Crippen LogP contribution in [0.3, 0.4) is 0 Å². The molecule has 7 heteroatoms. The number of benzene rings is 2. The minimum absolute atomic E-state index is 0. The molecule has 0 radical (unpaired) electrons. The van der Waals surface area contributed by atoms with E-state index >= 15 is 0 Å². The van der Waals surface area contributed by atoms with E-state index in [1.165, 1.54) is 48.5 Å². The van der Waals surface area contributed by atoms with Gasteiger partial charge in [0.1, 0.15) is 0 Å². The third-order valence-electron chi connectivity index (χ3n) is 2.63. The molecule has 5 nitrogen and oxygen atoms in total. The molecule has 0 aromatic heterocycles. The van der Waals surface area contributed by atoms with Crippen LogP contribution < -0.4 is 0 Å². The molecule has 0 aliphatic rings. The maximum atomic E-state index is 12.2. The number of carbonyl (C=O) groups is 2. The summed E-state index contributed by atoms with van der Waals surface area (Å²) in [4.78, 5) is 22.4. The number of aromatic carboxylic acids is 2. The van der Waals surface area contributed by atoms with Crippen LogP contribution in [0.4, 0.5) is 0 Å². The minimum atomic E-state index is -1.48. The van der Waals surface area contributed by atoms with Gasteiger partial charge in [-0.2, -0.15) is 0 Å². The molecular weight excluding hydrogens is 320 g/mol. The third-order valence-corrected chi connectivity index (χ3v) is 4.03. The average molecular weight is 332 g/mol. The van der Waals surface area contributed by atoms with Gasteiger partial charge >= 0.3 is 49.7 Å². The predicted octanol–water partition coefficient (Wildman–Crippen LogP) is 1.33. The van der Waals surface area contributed by atoms with E-state index in [1.807, 2.05) is 0 Å². The fraction of sp³-hybridized carbons (Fsp3) is 0. The molecule has 0 bridgehead atoms. The maximum absolute atomic E-state index is 12.2. The summed E-state index contributed by atoms with van der Waals surface area (Å²) in [6, 6.07) is 11.4. The topological polar surface area (TPSA) is 97.7 Å². The Morgan fingerprint density at radius 3 is 1.29 bits per heavy atom. The van der Waals surface area contributed by atoms with Gasteiger partial charge in [0.25, 0.3) is 0 Å². The molecule has 0 unspecified atom stereocenters. The molecule has 0 aliphatic heterocycles. The van der Waals surface area contributed by atoms with Crippen molar-refractivity contribution in [2.24, 2.45) is 0 Å². The van der Waals surface area contributed by atoms with Gasteiger partial charge in [0.15, 0.2) is 9.79 Å². The Morgan fingerprint density at radius 1 is 0.762 bits per heavy atom. The van der Waals surface area contributed by atoms with Gasteiger partial charge in [0.05, 0.1) is 11.1 Å². The van der Waals surface area contributed by atoms with Crippen molar-refractivity contribution in [2.45, 2.75) is 9.79 Å². The van der Waals surface area contributed by atoms with Crippen molar-refractivity contribution in [1.82, 2.24) is 0 Å². The Balaban J connectivity index is 0.00000220. The molecule has 2 aromatic carbocycles. The summed E-state index contributed by atoms with van der Waals surface area (Å²) >= 11 is -1.48. The zero-order chi connectivity index (χ0) is 14.7. The third kappa shape index (κ3) is 4.46. The molecule has 106 valence electrons. The van der Waals surface area contributed by atoms with E-state index in [2.05, 4.69) is 0 Å². The van der Waals surface area contributed by atoms with Gasteiger partial charge in [-0.15, -0.1) is 0 Å². The summed E-state index contributed by atoms with van der Waals surface area (Å²) in [5.41, 5.74) is 0.235. The molecule has 0 aliphatic carbocycles. The Labute approximate surface area is 153 Å². The Bertz CT molecular complexity index is 582. The van der Waals surface area contributed by atoms with Gasteiger partial charge in [0.2, 0.25) is 0 Å². The molecule has 2 N–H and O–H groups in total. The molecule has 0 saturated heterocycles. The van der Waals surface area contributed by atoms with Crippen LogP contribution in [0, 0.1) is 0 Å². The summed E-state index contributed by atoms with van der Waals surface area (Å²) in [6.45, 7) is 0. The van der Waals surface area contributed by atoms with E-state index < -0.39 is 23.1 Å². The second-order valence-electron chi connectivity index (χ2n) is 3.93. The Kier molecular flexibility index (Phi) is 6.70. The SMILES string of the molecule is O=C(O)c1ccc([S+]([O-])c2ccc(C(=O)O)cc2)cc1.[CaH2]. The van der Waals surface area contributed by atoms with Crippen molar-refractivity contribution < 1.29 is 24.4 Å². The summed E-state index contributed by atoms with van der Waals surface area (Å²) in [5.74, 6) is -2.10. The first-order chi connectivity index (χ1) is 9.49. The van der Waals surface area contributed by atoms with E-state index in [1.54, 1.807) is 0 Å². The van der Waals surface area contributed by atoms with Crippen molar-refractivity contribution >= 4 is 60.9 Å². The second kappa shape index (κ2) is 7.82. The zero-order valence-electron chi connectivity index (χ0n) is 10.1. The fourth-order valence-electron chi connectivity index (χ4n) is 1.58. The number of carboxylic acid groups (broad SMARTS) is 2. The van der Waals surface area contributed by atoms with Crippen molar-refractivity contribution in [3.05, 3.63) is 59.7 Å². The van der Waals surface area contributed by atoms with Crippen LogP contribution in [0.25, 0.3) is 0 Å². The van der Waals surface area contributed by atoms with Crippen molar-refractivity contribution in [2.75, 3.05) is 0 Å². The average Bonchev–Trinajstić information content (AvgIpc) is 2.46. The van der Waals surface area contributed by atoms with Crippen LogP contribution >= 0.6 is 0 Å². The van der Waals surface area contributed by atoms with Crippen LogP contribution in [0.2, 0.25) is 0 Å². The quantitative estimate of drug-likeness (QED) is 0.650. The fourth-order valence-corrected chi connectivity index (χ4v) is 2.62. The summed E-state index contributed by atoms with van der Waals surface area (Å²) in [5, 5.41) is 17.6. The molecule has 0 fully saturated rings. The number of hydrogen-bond acceptors (Lipinski definition) is 3. The predicted molar refractivity (Wildman–Crippen MR) is 80.0 cm³/mol. The summed E-state index contributed by atoms with van der Waals surface area (Å²) in [6.07, 6.45) is 0. The standard InChI is InChI=1S/C14H10O5S.Ca.2H/c15-13(16)9-1-5-11(6-2-9)20(19)12-7-3-10(4-8-12)14(17)18;;;/h1-8H,(H,15,16)(H,17,18);;;. The number of rotatable bonds is 4. The van der Waals surface area contributed by atoms with Crippen LogP contribution in [-0.2, 0) is 11.2 Å². The van der Waals surface area contributed by atoms with E-state index in [4.69, 9.17) is 10.2 Å². The van der Waals surface area contributed by atoms with Gasteiger partial charge in [0, 0.05) is 11.2 Å². The van der Waals surface area contributed by atoms with Crippen LogP contribution in [0.15, 0.2) is 58.3 Å². The normalized spacial score (nSPS) is 10.0. The number of carboxylic acids is 2. The summed E-state index contributed by atoms with van der Waals surface area (Å²) in [7, 11) is 0. The van der Waals surface area contributed by atoms with Crippen molar-refractivity contribution in [3.63, 3.8) is 0 Å². The first-order valence-electron chi connectivity index (χ1n) is 5.57. The second-order valence-corrected chi connectivity index (χ2v) is 5.41. The summed E-state index contributed by atoms with van der Waals surface area (Å²) < 4.78 is 12.2. The Morgan fingerprint density at radius 2 is 1.05 bits per heavy atom.